The first-order valence-electron chi connectivity index (χ1n) is 8.99. The number of hydrogen-bond donors (Lipinski definition) is 1. The van der Waals surface area contributed by atoms with E-state index in [1.165, 1.54) is 13.2 Å². The fourth-order valence-corrected chi connectivity index (χ4v) is 3.89. The van der Waals surface area contributed by atoms with E-state index < -0.39 is 5.82 Å². The van der Waals surface area contributed by atoms with Crippen molar-refractivity contribution < 1.29 is 13.9 Å². The maximum Gasteiger partial charge on any atom is 0.230 e. The van der Waals surface area contributed by atoms with Crippen LogP contribution in [0.4, 0.5) is 10.1 Å². The molecule has 5 nitrogen and oxygen atoms in total. The molecule has 2 heterocycles. The number of aromatic amines is 1. The molecule has 1 unspecified atom stereocenters. The number of nitrogens with zero attached hydrogens (tertiary/aromatic N) is 2. The molecule has 1 aliphatic heterocycles. The number of anilines is 1. The lowest BCUT2D eigenvalue weighted by Gasteiger charge is -2.18. The molecule has 1 N–H and O–H groups in total. The van der Waals surface area contributed by atoms with Crippen LogP contribution in [-0.4, -0.2) is 29.8 Å². The molecule has 1 fully saturated rings. The Morgan fingerprint density at radius 3 is 2.86 bits per heavy atom. The number of methoxy groups -OCH3 is 1. The van der Waals surface area contributed by atoms with E-state index in [1.807, 2.05) is 12.1 Å². The van der Waals surface area contributed by atoms with Gasteiger partial charge in [0.1, 0.15) is 0 Å². The van der Waals surface area contributed by atoms with E-state index in [1.54, 1.807) is 35.5 Å². The summed E-state index contributed by atoms with van der Waals surface area (Å²) in [6.07, 6.45) is 4.68. The minimum atomic E-state index is -0.413. The van der Waals surface area contributed by atoms with Gasteiger partial charge in [-0.3, -0.25) is 9.89 Å². The highest BCUT2D eigenvalue weighted by Gasteiger charge is 2.33. The molecule has 0 aliphatic carbocycles. The number of aromatic nitrogens is 2. The lowest BCUT2D eigenvalue weighted by molar-refractivity contribution is -0.120. The zero-order valence-electron chi connectivity index (χ0n) is 15.3. The van der Waals surface area contributed by atoms with Crippen LogP contribution in [0.2, 0.25) is 5.02 Å². The van der Waals surface area contributed by atoms with E-state index in [4.69, 9.17) is 16.3 Å². The lowest BCUT2D eigenvalue weighted by atomic mass is 9.98. The predicted molar refractivity (Wildman–Crippen MR) is 106 cm³/mol. The molecule has 1 aromatic heterocycles. The van der Waals surface area contributed by atoms with Crippen LogP contribution in [0.15, 0.2) is 48.8 Å². The Kier molecular flexibility index (Phi) is 5.05. The van der Waals surface area contributed by atoms with E-state index in [0.29, 0.717) is 24.4 Å². The summed E-state index contributed by atoms with van der Waals surface area (Å²) in [5, 5.41) is 7.26. The van der Waals surface area contributed by atoms with Gasteiger partial charge < -0.3 is 9.64 Å². The molecule has 4 rings (SSSR count). The van der Waals surface area contributed by atoms with E-state index in [0.717, 1.165) is 22.4 Å². The average molecular weight is 400 g/mol. The Bertz CT molecular complexity index is 1010. The second-order valence-corrected chi connectivity index (χ2v) is 7.21. The number of carbonyl (C=O) groups excluding carboxylic acids is 1. The van der Waals surface area contributed by atoms with Gasteiger partial charge in [-0.2, -0.15) is 5.10 Å². The molecular formula is C21H19ClFN3O2. The molecule has 0 saturated carbocycles. The minimum absolute atomic E-state index is 0.0309. The molecule has 0 radical (unpaired) electrons. The quantitative estimate of drug-likeness (QED) is 0.688. The number of nitrogens with one attached hydrogen (secondary N) is 1. The third-order valence-corrected chi connectivity index (χ3v) is 5.40. The van der Waals surface area contributed by atoms with Crippen molar-refractivity contribution in [3.05, 3.63) is 65.2 Å². The highest BCUT2D eigenvalue weighted by molar-refractivity contribution is 6.33. The van der Waals surface area contributed by atoms with Crippen molar-refractivity contribution >= 4 is 23.2 Å². The van der Waals surface area contributed by atoms with Gasteiger partial charge in [0.05, 0.1) is 18.3 Å². The lowest BCUT2D eigenvalue weighted by Crippen LogP contribution is -2.27. The molecule has 1 aliphatic rings. The molecule has 2 aromatic carbocycles. The van der Waals surface area contributed by atoms with Crippen LogP contribution in [0.3, 0.4) is 0 Å². The summed E-state index contributed by atoms with van der Waals surface area (Å²) in [4.78, 5) is 14.6. The van der Waals surface area contributed by atoms with Crippen molar-refractivity contribution in [1.29, 1.82) is 0 Å². The molecule has 0 spiro atoms. The summed E-state index contributed by atoms with van der Waals surface area (Å²) in [7, 11) is 1.43. The van der Waals surface area contributed by atoms with E-state index in [2.05, 4.69) is 10.2 Å². The average Bonchev–Trinajstić information content (AvgIpc) is 3.33. The van der Waals surface area contributed by atoms with Crippen LogP contribution in [-0.2, 0) is 11.2 Å². The Morgan fingerprint density at radius 1 is 1.32 bits per heavy atom. The van der Waals surface area contributed by atoms with Crippen molar-refractivity contribution in [1.82, 2.24) is 10.2 Å². The van der Waals surface area contributed by atoms with Gasteiger partial charge >= 0.3 is 0 Å². The summed E-state index contributed by atoms with van der Waals surface area (Å²) in [5.74, 6) is -0.358. The Hall–Kier alpha value is -2.86. The first kappa shape index (κ1) is 18.5. The second-order valence-electron chi connectivity index (χ2n) is 6.80. The number of ether oxygens (including phenoxy) is 1. The van der Waals surface area contributed by atoms with Gasteiger partial charge in [-0.25, -0.2) is 4.39 Å². The fraction of sp³-hybridized carbons (Fsp3) is 0.238. The van der Waals surface area contributed by atoms with Crippen molar-refractivity contribution in [2.45, 2.75) is 12.8 Å². The molecule has 1 saturated heterocycles. The molecule has 144 valence electrons. The first-order valence-corrected chi connectivity index (χ1v) is 9.37. The van der Waals surface area contributed by atoms with Crippen LogP contribution in [0.1, 0.15) is 12.0 Å². The highest BCUT2D eigenvalue weighted by atomic mass is 35.5. The maximum absolute atomic E-state index is 13.9. The van der Waals surface area contributed by atoms with Crippen LogP contribution < -0.4 is 9.64 Å². The van der Waals surface area contributed by atoms with E-state index in [-0.39, 0.29) is 17.6 Å². The third kappa shape index (κ3) is 3.47. The van der Waals surface area contributed by atoms with Gasteiger partial charge in [0.15, 0.2) is 11.6 Å². The summed E-state index contributed by atoms with van der Waals surface area (Å²) in [5.41, 5.74) is 3.30. The predicted octanol–water partition coefficient (Wildman–Crippen LogP) is 4.47. The smallest absolute Gasteiger partial charge is 0.230 e. The SMILES string of the molecule is COc1ccc(CC2CCN(c3ccc(-c4cn[nH]c4)c(Cl)c3)C2=O)cc1F. The van der Waals surface area contributed by atoms with Crippen LogP contribution >= 0.6 is 11.6 Å². The normalized spacial score (nSPS) is 16.6. The number of benzene rings is 2. The largest absolute Gasteiger partial charge is 0.494 e. The molecule has 0 bridgehead atoms. The molecule has 1 atom stereocenters. The van der Waals surface area contributed by atoms with Crippen LogP contribution in [0.25, 0.3) is 11.1 Å². The Morgan fingerprint density at radius 2 is 2.18 bits per heavy atom. The Labute approximate surface area is 167 Å². The number of hydrogen-bond acceptors (Lipinski definition) is 3. The van der Waals surface area contributed by atoms with Crippen molar-refractivity contribution in [2.75, 3.05) is 18.6 Å². The molecule has 3 aromatic rings. The minimum Gasteiger partial charge on any atom is -0.494 e. The molecule has 1 amide bonds. The van der Waals surface area contributed by atoms with Crippen molar-refractivity contribution in [2.24, 2.45) is 5.92 Å². The van der Waals surface area contributed by atoms with Gasteiger partial charge in [-0.05, 0) is 42.7 Å². The zero-order valence-corrected chi connectivity index (χ0v) is 16.0. The van der Waals surface area contributed by atoms with Gasteiger partial charge in [-0.15, -0.1) is 0 Å². The van der Waals surface area contributed by atoms with Crippen molar-refractivity contribution in [3.8, 4) is 16.9 Å². The van der Waals surface area contributed by atoms with Gasteiger partial charge in [0, 0.05) is 35.5 Å². The monoisotopic (exact) mass is 399 g/mol. The third-order valence-electron chi connectivity index (χ3n) is 5.09. The standard InChI is InChI=1S/C21H19ClFN3O2/c1-28-20-5-2-13(9-19(20)23)8-14-6-7-26(21(14)27)16-3-4-17(18(22)10-16)15-11-24-25-12-15/h2-5,9-12,14H,6-8H2,1H3,(H,24,25). The van der Waals surface area contributed by atoms with Gasteiger partial charge in [-0.1, -0.05) is 23.7 Å². The fourth-order valence-electron chi connectivity index (χ4n) is 3.61. The molecule has 28 heavy (non-hydrogen) atoms. The molecular weight excluding hydrogens is 381 g/mol. The number of H-pyrrole nitrogens is 1. The number of rotatable bonds is 5. The highest BCUT2D eigenvalue weighted by Crippen LogP contribution is 2.34. The zero-order chi connectivity index (χ0) is 19.7. The topological polar surface area (TPSA) is 58.2 Å². The van der Waals surface area contributed by atoms with Gasteiger partial charge in [0.2, 0.25) is 5.91 Å². The molecule has 7 heteroatoms. The summed E-state index contributed by atoms with van der Waals surface area (Å²) < 4.78 is 18.9. The maximum atomic E-state index is 13.9. The summed E-state index contributed by atoms with van der Waals surface area (Å²) >= 11 is 6.43. The second kappa shape index (κ2) is 7.64. The number of halogens is 2. The van der Waals surface area contributed by atoms with Crippen LogP contribution in [0.5, 0.6) is 5.75 Å². The summed E-state index contributed by atoms with van der Waals surface area (Å²) in [6.45, 7) is 0.615. The number of amides is 1. The van der Waals surface area contributed by atoms with Crippen LogP contribution in [0, 0.1) is 11.7 Å². The summed E-state index contributed by atoms with van der Waals surface area (Å²) in [6, 6.07) is 10.4. The first-order chi connectivity index (χ1) is 13.6. The number of carbonyl (C=O) groups is 1. The van der Waals surface area contributed by atoms with E-state index in [9.17, 15) is 9.18 Å². The van der Waals surface area contributed by atoms with Crippen molar-refractivity contribution in [3.63, 3.8) is 0 Å². The van der Waals surface area contributed by atoms with Gasteiger partial charge in [0.25, 0.3) is 0 Å². The van der Waals surface area contributed by atoms with E-state index >= 15 is 0 Å². The Balaban J connectivity index is 1.50.